The molecule has 1 unspecified atom stereocenters. The van der Waals surface area contributed by atoms with Crippen LogP contribution in [-0.2, 0) is 11.3 Å². The minimum atomic E-state index is -1.04. The van der Waals surface area contributed by atoms with Crippen LogP contribution in [0.15, 0.2) is 48.7 Å². The minimum absolute atomic E-state index is 0.0996. The molecule has 2 rings (SSSR count). The molecule has 0 saturated carbocycles. The predicted molar refractivity (Wildman–Crippen MR) is 79.4 cm³/mol. The molecule has 0 radical (unpaired) electrons. The molecule has 0 spiro atoms. The molecule has 2 aromatic rings. The Hall–Kier alpha value is -2.89. The quantitative estimate of drug-likeness (QED) is 0.886. The van der Waals surface area contributed by atoms with Gasteiger partial charge in [-0.3, -0.25) is 4.98 Å². The van der Waals surface area contributed by atoms with Crippen molar-refractivity contribution in [2.75, 3.05) is 0 Å². The molecule has 0 aliphatic rings. The number of amides is 1. The van der Waals surface area contributed by atoms with E-state index in [0.717, 1.165) is 5.56 Å². The zero-order valence-electron chi connectivity index (χ0n) is 12.0. The van der Waals surface area contributed by atoms with Crippen LogP contribution in [0.1, 0.15) is 34.6 Å². The zero-order chi connectivity index (χ0) is 15.9. The number of carbonyl (C=O) groups excluding carboxylic acids is 1. The molecule has 1 aromatic heterocycles. The van der Waals surface area contributed by atoms with E-state index in [1.165, 1.54) is 12.3 Å². The van der Waals surface area contributed by atoms with Gasteiger partial charge < -0.3 is 15.2 Å². The molecule has 1 amide bonds. The molecule has 1 heterocycles. The average Bonchev–Trinajstić information content (AvgIpc) is 2.54. The van der Waals surface area contributed by atoms with Crippen LogP contribution in [0.3, 0.4) is 0 Å². The number of aromatic carboxylic acids is 1. The first kappa shape index (κ1) is 15.5. The van der Waals surface area contributed by atoms with Gasteiger partial charge in [-0.15, -0.1) is 0 Å². The number of hydrogen-bond acceptors (Lipinski definition) is 4. The summed E-state index contributed by atoms with van der Waals surface area (Å²) in [6.45, 7) is 1.93. The van der Waals surface area contributed by atoms with Gasteiger partial charge in [0.05, 0.1) is 17.3 Å². The molecule has 0 fully saturated rings. The van der Waals surface area contributed by atoms with Gasteiger partial charge in [0.15, 0.2) is 0 Å². The highest BCUT2D eigenvalue weighted by atomic mass is 16.5. The summed E-state index contributed by atoms with van der Waals surface area (Å²) in [6.07, 6.45) is 0.700. The van der Waals surface area contributed by atoms with Gasteiger partial charge in [0.2, 0.25) is 0 Å². The fourth-order valence-electron chi connectivity index (χ4n) is 1.80. The fraction of sp³-hybridized carbons (Fsp3) is 0.188. The van der Waals surface area contributed by atoms with E-state index in [9.17, 15) is 9.59 Å². The Morgan fingerprint density at radius 3 is 2.55 bits per heavy atom. The summed E-state index contributed by atoms with van der Waals surface area (Å²) in [4.78, 5) is 26.5. The van der Waals surface area contributed by atoms with Gasteiger partial charge in [-0.25, -0.2) is 9.59 Å². The number of ether oxygens (including phenoxy) is 1. The largest absolute Gasteiger partial charge is 0.478 e. The van der Waals surface area contributed by atoms with E-state index in [-0.39, 0.29) is 18.2 Å². The summed E-state index contributed by atoms with van der Waals surface area (Å²) >= 11 is 0. The van der Waals surface area contributed by atoms with E-state index in [2.05, 4.69) is 10.3 Å². The van der Waals surface area contributed by atoms with Gasteiger partial charge in [-0.1, -0.05) is 30.3 Å². The van der Waals surface area contributed by atoms with Gasteiger partial charge in [0, 0.05) is 6.20 Å². The summed E-state index contributed by atoms with van der Waals surface area (Å²) in [5.41, 5.74) is 1.55. The third kappa shape index (κ3) is 4.31. The van der Waals surface area contributed by atoms with Crippen molar-refractivity contribution < 1.29 is 19.4 Å². The Balaban J connectivity index is 1.86. The monoisotopic (exact) mass is 300 g/mol. The number of nitrogens with zero attached hydrogens (tertiary/aromatic N) is 1. The number of benzene rings is 1. The number of hydrogen-bond donors (Lipinski definition) is 2. The first-order valence-electron chi connectivity index (χ1n) is 6.72. The smallest absolute Gasteiger partial charge is 0.407 e. The fourth-order valence-corrected chi connectivity index (χ4v) is 1.80. The molecule has 6 heteroatoms. The average molecular weight is 300 g/mol. The summed E-state index contributed by atoms with van der Waals surface area (Å²) < 4.78 is 5.11. The van der Waals surface area contributed by atoms with Crippen molar-refractivity contribution in [3.63, 3.8) is 0 Å². The van der Waals surface area contributed by atoms with Crippen LogP contribution in [0.4, 0.5) is 4.79 Å². The number of pyridine rings is 1. The van der Waals surface area contributed by atoms with E-state index < -0.39 is 12.1 Å². The Morgan fingerprint density at radius 2 is 1.95 bits per heavy atom. The van der Waals surface area contributed by atoms with Gasteiger partial charge in [0.1, 0.15) is 6.61 Å². The van der Waals surface area contributed by atoms with E-state index in [4.69, 9.17) is 9.84 Å². The lowest BCUT2D eigenvalue weighted by Crippen LogP contribution is -2.27. The number of aromatic nitrogens is 1. The zero-order valence-corrected chi connectivity index (χ0v) is 12.0. The Labute approximate surface area is 127 Å². The van der Waals surface area contributed by atoms with Gasteiger partial charge in [-0.2, -0.15) is 0 Å². The number of nitrogens with one attached hydrogen (secondary N) is 1. The summed E-state index contributed by atoms with van der Waals surface area (Å²) in [6, 6.07) is 12.0. The number of carbonyl (C=O) groups is 2. The van der Waals surface area contributed by atoms with E-state index in [1.54, 1.807) is 13.0 Å². The lowest BCUT2D eigenvalue weighted by atomic mass is 10.2. The molecule has 2 N–H and O–H groups in total. The van der Waals surface area contributed by atoms with Crippen LogP contribution >= 0.6 is 0 Å². The van der Waals surface area contributed by atoms with Crippen molar-refractivity contribution in [1.29, 1.82) is 0 Å². The maximum Gasteiger partial charge on any atom is 0.407 e. The van der Waals surface area contributed by atoms with Crippen molar-refractivity contribution in [3.05, 3.63) is 65.5 Å². The predicted octanol–water partition coefficient (Wildman–Crippen LogP) is 2.77. The first-order chi connectivity index (χ1) is 10.6. The van der Waals surface area contributed by atoms with Gasteiger partial charge in [-0.05, 0) is 24.6 Å². The highest BCUT2D eigenvalue weighted by molar-refractivity contribution is 5.87. The highest BCUT2D eigenvalue weighted by Gasteiger charge is 2.12. The van der Waals surface area contributed by atoms with Crippen molar-refractivity contribution >= 4 is 12.1 Å². The molecule has 1 aromatic carbocycles. The normalized spacial score (nSPS) is 11.5. The van der Waals surface area contributed by atoms with Crippen LogP contribution < -0.4 is 5.32 Å². The molecular weight excluding hydrogens is 284 g/mol. The topological polar surface area (TPSA) is 88.5 Å². The van der Waals surface area contributed by atoms with Gasteiger partial charge >= 0.3 is 12.1 Å². The van der Waals surface area contributed by atoms with Crippen LogP contribution in [0.5, 0.6) is 0 Å². The molecule has 0 aliphatic heterocycles. The Morgan fingerprint density at radius 1 is 1.23 bits per heavy atom. The summed E-state index contributed by atoms with van der Waals surface area (Å²) in [7, 11) is 0. The lowest BCUT2D eigenvalue weighted by molar-refractivity contribution is 0.0696. The van der Waals surface area contributed by atoms with Crippen molar-refractivity contribution in [1.82, 2.24) is 10.3 Å². The lowest BCUT2D eigenvalue weighted by Gasteiger charge is -2.13. The SMILES string of the molecule is CC(NC(=O)OCc1ccccc1)c1ccc(C(=O)O)cn1. The molecule has 22 heavy (non-hydrogen) atoms. The third-order valence-electron chi connectivity index (χ3n) is 3.02. The maximum atomic E-state index is 11.7. The van der Waals surface area contributed by atoms with Crippen molar-refractivity contribution in [3.8, 4) is 0 Å². The van der Waals surface area contributed by atoms with E-state index >= 15 is 0 Å². The Bertz CT molecular complexity index is 641. The van der Waals surface area contributed by atoms with Crippen LogP contribution in [0.25, 0.3) is 0 Å². The second kappa shape index (κ2) is 7.21. The number of carboxylic acid groups (broad SMARTS) is 1. The summed E-state index contributed by atoms with van der Waals surface area (Å²) in [5, 5.41) is 11.5. The molecule has 0 aliphatic carbocycles. The van der Waals surface area contributed by atoms with Crippen LogP contribution in [0.2, 0.25) is 0 Å². The molecule has 0 saturated heterocycles. The van der Waals surface area contributed by atoms with Crippen molar-refractivity contribution in [2.24, 2.45) is 0 Å². The van der Waals surface area contributed by atoms with Crippen molar-refractivity contribution in [2.45, 2.75) is 19.6 Å². The molecule has 1 atom stereocenters. The number of carboxylic acids is 1. The van der Waals surface area contributed by atoms with E-state index in [0.29, 0.717) is 5.69 Å². The molecule has 6 nitrogen and oxygen atoms in total. The standard InChI is InChI=1S/C16H16N2O4/c1-11(14-8-7-13(9-17-14)15(19)20)18-16(21)22-10-12-5-3-2-4-6-12/h2-9,11H,10H2,1H3,(H,18,21)(H,19,20). The van der Waals surface area contributed by atoms with Crippen LogP contribution in [0, 0.1) is 0 Å². The first-order valence-corrected chi connectivity index (χ1v) is 6.72. The third-order valence-corrected chi connectivity index (χ3v) is 3.02. The van der Waals surface area contributed by atoms with E-state index in [1.807, 2.05) is 30.3 Å². The highest BCUT2D eigenvalue weighted by Crippen LogP contribution is 2.10. The molecule has 0 bridgehead atoms. The second-order valence-electron chi connectivity index (χ2n) is 4.70. The summed E-state index contributed by atoms with van der Waals surface area (Å²) in [5.74, 6) is -1.04. The number of rotatable bonds is 5. The number of alkyl carbamates (subject to hydrolysis) is 1. The molecular formula is C16H16N2O4. The van der Waals surface area contributed by atoms with Crippen LogP contribution in [-0.4, -0.2) is 22.2 Å². The minimum Gasteiger partial charge on any atom is -0.478 e. The Kier molecular flexibility index (Phi) is 5.08. The molecule has 114 valence electrons. The maximum absolute atomic E-state index is 11.7. The second-order valence-corrected chi connectivity index (χ2v) is 4.70. The van der Waals surface area contributed by atoms with Gasteiger partial charge in [0.25, 0.3) is 0 Å².